The summed E-state index contributed by atoms with van der Waals surface area (Å²) >= 11 is 0. The fourth-order valence-electron chi connectivity index (χ4n) is 2.79. The van der Waals surface area contributed by atoms with Gasteiger partial charge in [-0.05, 0) is 17.7 Å². The second-order valence-corrected chi connectivity index (χ2v) is 13.3. The van der Waals surface area contributed by atoms with Crippen molar-refractivity contribution in [2.24, 2.45) is 0 Å². The molecule has 0 aliphatic heterocycles. The van der Waals surface area contributed by atoms with Crippen molar-refractivity contribution in [2.45, 2.75) is 6.04 Å². The zero-order valence-electron chi connectivity index (χ0n) is 15.9. The van der Waals surface area contributed by atoms with Gasteiger partial charge in [-0.3, -0.25) is 28.1 Å². The van der Waals surface area contributed by atoms with Crippen molar-refractivity contribution in [1.82, 2.24) is 9.80 Å². The van der Waals surface area contributed by atoms with Gasteiger partial charge in [0.1, 0.15) is 25.1 Å². The molecule has 0 aromatic heterocycles. The summed E-state index contributed by atoms with van der Waals surface area (Å²) in [4.78, 5) is 75.8. The van der Waals surface area contributed by atoms with E-state index >= 15 is 0 Å². The van der Waals surface area contributed by atoms with E-state index in [2.05, 4.69) is 0 Å². The Kier molecular flexibility index (Phi) is 9.81. The van der Waals surface area contributed by atoms with Crippen LogP contribution >= 0.6 is 30.4 Å². The Labute approximate surface area is 177 Å². The molecular weight excluding hydrogens is 502 g/mol. The van der Waals surface area contributed by atoms with Gasteiger partial charge in [-0.15, -0.1) is 0 Å². The van der Waals surface area contributed by atoms with Gasteiger partial charge in [-0.2, -0.15) is 0 Å². The minimum Gasteiger partial charge on any atom is -0.399 e. The summed E-state index contributed by atoms with van der Waals surface area (Å²) in [5.74, 6) is 0. The molecule has 0 aliphatic carbocycles. The molecule has 15 nitrogen and oxygen atoms in total. The van der Waals surface area contributed by atoms with Crippen molar-refractivity contribution in [1.29, 1.82) is 0 Å². The molecule has 0 heterocycles. The van der Waals surface area contributed by atoms with Crippen molar-refractivity contribution in [2.75, 3.05) is 37.4 Å². The Morgan fingerprint density at radius 1 is 0.677 bits per heavy atom. The smallest absolute Gasteiger partial charge is 0.339 e. The van der Waals surface area contributed by atoms with Crippen molar-refractivity contribution in [3.05, 3.63) is 29.8 Å². The van der Waals surface area contributed by atoms with Crippen LogP contribution in [0.1, 0.15) is 11.6 Å². The number of hydrogen-bond donors (Lipinski definition) is 9. The van der Waals surface area contributed by atoms with E-state index in [1.807, 2.05) is 0 Å². The molecule has 1 unspecified atom stereocenters. The monoisotopic (exact) mass is 527 g/mol. The Morgan fingerprint density at radius 3 is 1.35 bits per heavy atom. The number of benzene rings is 1. The van der Waals surface area contributed by atoms with E-state index in [0.717, 1.165) is 0 Å². The lowest BCUT2D eigenvalue weighted by Crippen LogP contribution is -2.40. The fraction of sp³-hybridized carbons (Fsp3) is 0.500. The summed E-state index contributed by atoms with van der Waals surface area (Å²) in [6, 6.07) is 4.09. The van der Waals surface area contributed by atoms with Gasteiger partial charge in [0.05, 0.1) is 0 Å². The molecule has 10 N–H and O–H groups in total. The highest BCUT2D eigenvalue weighted by molar-refractivity contribution is 7.53. The molecular formula is C12H25N3O12P4. The largest absolute Gasteiger partial charge is 0.399 e. The summed E-state index contributed by atoms with van der Waals surface area (Å²) in [6.07, 6.45) is -4.54. The maximum Gasteiger partial charge on any atom is 0.339 e. The van der Waals surface area contributed by atoms with Crippen molar-refractivity contribution >= 4 is 36.1 Å². The summed E-state index contributed by atoms with van der Waals surface area (Å²) in [7, 11) is -19.4. The molecule has 0 radical (unpaired) electrons. The standard InChI is InChI=1S/C12H25N3O12P4/c13-11-3-1-10(2-4-11)12(15(8-30(22,23)24)9-31(25,26)27)5-14(6-28(16,17)18)7-29(19,20)21/h1-4,12H,5-9,13H2,(H2,16,17,18)(H2,19,20,21)(H2,22,23,24)(H2,25,26,27). The lowest BCUT2D eigenvalue weighted by molar-refractivity contribution is 0.168. The molecule has 0 bridgehead atoms. The highest BCUT2D eigenvalue weighted by atomic mass is 31.2. The highest BCUT2D eigenvalue weighted by Gasteiger charge is 2.35. The maximum atomic E-state index is 11.6. The van der Waals surface area contributed by atoms with Gasteiger partial charge in [0.15, 0.2) is 0 Å². The van der Waals surface area contributed by atoms with E-state index < -0.39 is 68.1 Å². The molecule has 1 aromatic carbocycles. The molecule has 1 rings (SSSR count). The maximum absolute atomic E-state index is 11.6. The Hall–Kier alpha value is -0.460. The topological polar surface area (TPSA) is 263 Å². The van der Waals surface area contributed by atoms with E-state index in [4.69, 9.17) is 5.73 Å². The van der Waals surface area contributed by atoms with E-state index in [9.17, 15) is 57.4 Å². The van der Waals surface area contributed by atoms with Gasteiger partial charge in [-0.25, -0.2) is 0 Å². The van der Waals surface area contributed by atoms with Gasteiger partial charge in [0.2, 0.25) is 0 Å². The first-order valence-corrected chi connectivity index (χ1v) is 15.4. The Balaban J connectivity index is 3.48. The zero-order chi connectivity index (χ0) is 24.3. The summed E-state index contributed by atoms with van der Waals surface area (Å²) < 4.78 is 46.0. The van der Waals surface area contributed by atoms with Gasteiger partial charge >= 0.3 is 30.4 Å². The van der Waals surface area contributed by atoms with Crippen LogP contribution in [-0.4, -0.2) is 80.6 Å². The number of anilines is 1. The molecule has 0 saturated heterocycles. The fourth-order valence-corrected chi connectivity index (χ4v) is 6.12. The first kappa shape index (κ1) is 28.6. The molecule has 0 aliphatic rings. The molecule has 31 heavy (non-hydrogen) atoms. The minimum atomic E-state index is -4.88. The first-order chi connectivity index (χ1) is 13.7. The average Bonchev–Trinajstić information content (AvgIpc) is 2.47. The lowest BCUT2D eigenvalue weighted by atomic mass is 10.1. The van der Waals surface area contributed by atoms with Crippen molar-refractivity contribution in [3.63, 3.8) is 0 Å². The minimum absolute atomic E-state index is 0.178. The molecule has 180 valence electrons. The molecule has 0 spiro atoms. The lowest BCUT2D eigenvalue weighted by Gasteiger charge is -2.36. The van der Waals surface area contributed by atoms with Gasteiger partial charge in [0.25, 0.3) is 0 Å². The molecule has 19 heteroatoms. The molecule has 0 fully saturated rings. The molecule has 0 saturated carbocycles. The molecule has 1 atom stereocenters. The number of nitrogen functional groups attached to an aromatic ring is 1. The zero-order valence-corrected chi connectivity index (χ0v) is 19.5. The second kappa shape index (κ2) is 10.6. The number of nitrogens with zero attached hydrogens (tertiary/aromatic N) is 2. The summed E-state index contributed by atoms with van der Waals surface area (Å²) in [5, 5.41) is 0. The first-order valence-electron chi connectivity index (χ1n) is 8.24. The molecule has 0 amide bonds. The number of nitrogens with two attached hydrogens (primary N) is 1. The SMILES string of the molecule is Nc1ccc(C(CN(CP(=O)(O)O)CP(=O)(O)O)N(CP(=O)(O)O)CP(=O)(O)O)cc1. The normalized spacial score (nSPS) is 14.9. The van der Waals surface area contributed by atoms with Crippen LogP contribution < -0.4 is 5.73 Å². The van der Waals surface area contributed by atoms with Crippen LogP contribution in [0.2, 0.25) is 0 Å². The predicted octanol–water partition coefficient (Wildman–Crippen LogP) is -0.545. The Morgan fingerprint density at radius 2 is 1.03 bits per heavy atom. The number of rotatable bonds is 12. The summed E-state index contributed by atoms with van der Waals surface area (Å²) in [5.41, 5.74) is 6.05. The third kappa shape index (κ3) is 13.0. The average molecular weight is 527 g/mol. The third-order valence-electron chi connectivity index (χ3n) is 3.69. The predicted molar refractivity (Wildman–Crippen MR) is 110 cm³/mol. The highest BCUT2D eigenvalue weighted by Crippen LogP contribution is 2.46. The summed E-state index contributed by atoms with van der Waals surface area (Å²) in [6.45, 7) is -0.639. The van der Waals surface area contributed by atoms with Crippen LogP contribution in [0.15, 0.2) is 24.3 Å². The third-order valence-corrected chi connectivity index (χ3v) is 6.69. The van der Waals surface area contributed by atoms with Gasteiger partial charge in [-0.1, -0.05) is 12.1 Å². The van der Waals surface area contributed by atoms with Crippen LogP contribution in [-0.2, 0) is 18.3 Å². The van der Waals surface area contributed by atoms with Crippen LogP contribution in [0.25, 0.3) is 0 Å². The van der Waals surface area contributed by atoms with Crippen LogP contribution in [0.5, 0.6) is 0 Å². The van der Waals surface area contributed by atoms with Gasteiger partial charge < -0.3 is 44.9 Å². The second-order valence-electron chi connectivity index (χ2n) is 6.85. The van der Waals surface area contributed by atoms with E-state index in [1.165, 1.54) is 24.3 Å². The van der Waals surface area contributed by atoms with Crippen LogP contribution in [0.3, 0.4) is 0 Å². The van der Waals surface area contributed by atoms with Crippen LogP contribution in [0.4, 0.5) is 5.69 Å². The van der Waals surface area contributed by atoms with E-state index in [0.29, 0.717) is 9.80 Å². The van der Waals surface area contributed by atoms with E-state index in [1.54, 1.807) is 0 Å². The van der Waals surface area contributed by atoms with Gasteiger partial charge in [0, 0.05) is 18.3 Å². The van der Waals surface area contributed by atoms with Crippen molar-refractivity contribution < 1.29 is 57.4 Å². The quantitative estimate of drug-likeness (QED) is 0.122. The van der Waals surface area contributed by atoms with Crippen molar-refractivity contribution in [3.8, 4) is 0 Å². The van der Waals surface area contributed by atoms with E-state index in [-0.39, 0.29) is 11.3 Å². The van der Waals surface area contributed by atoms with Crippen LogP contribution in [0, 0.1) is 0 Å². The number of hydrogen-bond acceptors (Lipinski definition) is 7. The Bertz CT molecular complexity index is 871. The molecule has 1 aromatic rings.